The van der Waals surface area contributed by atoms with Crippen molar-refractivity contribution in [2.24, 2.45) is 11.7 Å². The van der Waals surface area contributed by atoms with Gasteiger partial charge in [-0.1, -0.05) is 25.7 Å². The topological polar surface area (TPSA) is 46.2 Å². The second kappa shape index (κ2) is 4.43. The van der Waals surface area contributed by atoms with Crippen LogP contribution >= 0.6 is 0 Å². The molecule has 0 bridgehead atoms. The van der Waals surface area contributed by atoms with Crippen molar-refractivity contribution in [3.05, 3.63) is 0 Å². The molecule has 1 atom stereocenters. The predicted octanol–water partition coefficient (Wildman–Crippen LogP) is 2.05. The highest BCUT2D eigenvalue weighted by atomic mass is 16.3. The lowest BCUT2D eigenvalue weighted by Crippen LogP contribution is -2.48. The van der Waals surface area contributed by atoms with Crippen molar-refractivity contribution in [3.8, 4) is 0 Å². The largest absolute Gasteiger partial charge is 0.391 e. The van der Waals surface area contributed by atoms with Crippen molar-refractivity contribution >= 4 is 0 Å². The molecular weight excluding hydrogens is 162 g/mol. The van der Waals surface area contributed by atoms with E-state index in [1.807, 2.05) is 13.8 Å². The van der Waals surface area contributed by atoms with E-state index in [2.05, 4.69) is 0 Å². The minimum atomic E-state index is -0.436. The van der Waals surface area contributed by atoms with E-state index < -0.39 is 5.54 Å². The van der Waals surface area contributed by atoms with Crippen LogP contribution in [0.3, 0.4) is 0 Å². The molecule has 13 heavy (non-hydrogen) atoms. The van der Waals surface area contributed by atoms with E-state index in [4.69, 9.17) is 5.73 Å². The van der Waals surface area contributed by atoms with E-state index in [0.717, 1.165) is 12.8 Å². The Labute approximate surface area is 81.5 Å². The summed E-state index contributed by atoms with van der Waals surface area (Å²) in [5.41, 5.74) is 5.48. The smallest absolute Gasteiger partial charge is 0.0742 e. The molecule has 1 rings (SSSR count). The zero-order chi connectivity index (χ0) is 9.90. The Kier molecular flexibility index (Phi) is 3.74. The van der Waals surface area contributed by atoms with Crippen LogP contribution in [0.25, 0.3) is 0 Å². The zero-order valence-electron chi connectivity index (χ0n) is 8.92. The van der Waals surface area contributed by atoms with E-state index in [0.29, 0.717) is 5.92 Å². The molecule has 0 aromatic heterocycles. The molecule has 0 aliphatic heterocycles. The van der Waals surface area contributed by atoms with Gasteiger partial charge in [-0.3, -0.25) is 0 Å². The summed E-state index contributed by atoms with van der Waals surface area (Å²) < 4.78 is 0. The van der Waals surface area contributed by atoms with Gasteiger partial charge in [0.1, 0.15) is 0 Å². The lowest BCUT2D eigenvalue weighted by atomic mass is 9.83. The molecule has 0 amide bonds. The summed E-state index contributed by atoms with van der Waals surface area (Å²) in [5, 5.41) is 10.0. The van der Waals surface area contributed by atoms with E-state index in [1.54, 1.807) is 0 Å². The fraction of sp³-hybridized carbons (Fsp3) is 1.00. The monoisotopic (exact) mass is 185 g/mol. The zero-order valence-corrected chi connectivity index (χ0v) is 8.92. The molecule has 1 fully saturated rings. The molecule has 3 N–H and O–H groups in total. The third kappa shape index (κ3) is 3.28. The number of aliphatic hydroxyl groups is 1. The van der Waals surface area contributed by atoms with Crippen molar-refractivity contribution in [3.63, 3.8) is 0 Å². The molecule has 1 aliphatic carbocycles. The van der Waals surface area contributed by atoms with Gasteiger partial charge in [0.15, 0.2) is 0 Å². The molecule has 0 saturated heterocycles. The first-order valence-electron chi connectivity index (χ1n) is 5.49. The van der Waals surface area contributed by atoms with Gasteiger partial charge in [0.2, 0.25) is 0 Å². The van der Waals surface area contributed by atoms with E-state index >= 15 is 0 Å². The molecular formula is C11H23NO. The predicted molar refractivity (Wildman–Crippen MR) is 55.5 cm³/mol. The van der Waals surface area contributed by atoms with Crippen LogP contribution in [-0.4, -0.2) is 16.7 Å². The molecule has 78 valence electrons. The van der Waals surface area contributed by atoms with Crippen molar-refractivity contribution < 1.29 is 5.11 Å². The second-order valence-electron chi connectivity index (χ2n) is 5.02. The Morgan fingerprint density at radius 3 is 2.00 bits per heavy atom. The Hall–Kier alpha value is -0.0800. The van der Waals surface area contributed by atoms with Crippen molar-refractivity contribution in [1.82, 2.24) is 0 Å². The van der Waals surface area contributed by atoms with Crippen LogP contribution in [0.5, 0.6) is 0 Å². The first kappa shape index (κ1) is 11.0. The Balaban J connectivity index is 2.48. The lowest BCUT2D eigenvalue weighted by Gasteiger charge is -2.32. The van der Waals surface area contributed by atoms with Gasteiger partial charge in [0.25, 0.3) is 0 Å². The van der Waals surface area contributed by atoms with Crippen LogP contribution in [0, 0.1) is 5.92 Å². The molecule has 0 heterocycles. The average molecular weight is 185 g/mol. The molecule has 1 unspecified atom stereocenters. The number of nitrogens with two attached hydrogens (primary N) is 1. The number of rotatable bonds is 2. The average Bonchev–Trinajstić information content (AvgIpc) is 2.28. The van der Waals surface area contributed by atoms with Gasteiger partial charge in [-0.05, 0) is 32.6 Å². The number of hydrogen-bond donors (Lipinski definition) is 2. The third-order valence-corrected chi connectivity index (χ3v) is 3.11. The highest BCUT2D eigenvalue weighted by Crippen LogP contribution is 2.29. The maximum atomic E-state index is 10.0. The first-order chi connectivity index (χ1) is 6.02. The molecule has 0 aromatic rings. The molecule has 0 aromatic carbocycles. The molecule has 2 heteroatoms. The normalized spacial score (nSPS) is 24.0. The van der Waals surface area contributed by atoms with E-state index in [-0.39, 0.29) is 6.10 Å². The summed E-state index contributed by atoms with van der Waals surface area (Å²) in [7, 11) is 0. The fourth-order valence-electron chi connectivity index (χ4n) is 2.23. The quantitative estimate of drug-likeness (QED) is 0.647. The fourth-order valence-corrected chi connectivity index (χ4v) is 2.23. The van der Waals surface area contributed by atoms with Crippen LogP contribution in [-0.2, 0) is 0 Å². The van der Waals surface area contributed by atoms with Gasteiger partial charge in [0, 0.05) is 5.54 Å². The summed E-state index contributed by atoms with van der Waals surface area (Å²) in [5.74, 6) is 0.433. The van der Waals surface area contributed by atoms with Crippen LogP contribution in [0.1, 0.15) is 52.4 Å². The standard InChI is InChI=1S/C11H23NO/c1-11(2,12)10(13)9-7-5-3-4-6-8-9/h9-10,13H,3-8,12H2,1-2H3. The summed E-state index contributed by atoms with van der Waals surface area (Å²) >= 11 is 0. The summed E-state index contributed by atoms with van der Waals surface area (Å²) in [4.78, 5) is 0. The maximum absolute atomic E-state index is 10.0. The van der Waals surface area contributed by atoms with Gasteiger partial charge in [-0.15, -0.1) is 0 Å². The van der Waals surface area contributed by atoms with Gasteiger partial charge in [0.05, 0.1) is 6.10 Å². The Morgan fingerprint density at radius 1 is 1.15 bits per heavy atom. The summed E-state index contributed by atoms with van der Waals surface area (Å²) in [6.45, 7) is 3.84. The molecule has 1 saturated carbocycles. The maximum Gasteiger partial charge on any atom is 0.0742 e. The Bertz CT molecular complexity index is 143. The van der Waals surface area contributed by atoms with Crippen molar-refractivity contribution in [2.75, 3.05) is 0 Å². The van der Waals surface area contributed by atoms with Gasteiger partial charge >= 0.3 is 0 Å². The van der Waals surface area contributed by atoms with Gasteiger partial charge in [-0.2, -0.15) is 0 Å². The second-order valence-corrected chi connectivity index (χ2v) is 5.02. The lowest BCUT2D eigenvalue weighted by molar-refractivity contribution is 0.0405. The molecule has 1 aliphatic rings. The van der Waals surface area contributed by atoms with Crippen molar-refractivity contribution in [2.45, 2.75) is 64.0 Å². The number of hydrogen-bond acceptors (Lipinski definition) is 2. The summed E-state index contributed by atoms with van der Waals surface area (Å²) in [6, 6.07) is 0. The minimum absolute atomic E-state index is 0.328. The van der Waals surface area contributed by atoms with Gasteiger partial charge in [-0.25, -0.2) is 0 Å². The van der Waals surface area contributed by atoms with Crippen molar-refractivity contribution in [1.29, 1.82) is 0 Å². The van der Waals surface area contributed by atoms with Crippen LogP contribution in [0.15, 0.2) is 0 Å². The molecule has 0 spiro atoms. The first-order valence-corrected chi connectivity index (χ1v) is 5.49. The molecule has 0 radical (unpaired) electrons. The van der Waals surface area contributed by atoms with Crippen LogP contribution < -0.4 is 5.73 Å². The van der Waals surface area contributed by atoms with E-state index in [1.165, 1.54) is 25.7 Å². The highest BCUT2D eigenvalue weighted by molar-refractivity contribution is 4.87. The third-order valence-electron chi connectivity index (χ3n) is 3.11. The summed E-state index contributed by atoms with van der Waals surface area (Å²) in [6.07, 6.45) is 7.16. The van der Waals surface area contributed by atoms with Gasteiger partial charge < -0.3 is 10.8 Å². The van der Waals surface area contributed by atoms with E-state index in [9.17, 15) is 5.11 Å². The highest BCUT2D eigenvalue weighted by Gasteiger charge is 2.30. The SMILES string of the molecule is CC(C)(N)C(O)C1CCCCCC1. The molecule has 2 nitrogen and oxygen atoms in total. The number of aliphatic hydroxyl groups excluding tert-OH is 1. The minimum Gasteiger partial charge on any atom is -0.391 e. The van der Waals surface area contributed by atoms with Crippen LogP contribution in [0.4, 0.5) is 0 Å². The Morgan fingerprint density at radius 2 is 1.62 bits per heavy atom. The van der Waals surface area contributed by atoms with Crippen LogP contribution in [0.2, 0.25) is 0 Å².